The highest BCUT2D eigenvalue weighted by atomic mass is 79.9. The molecule has 0 fully saturated rings. The topological polar surface area (TPSA) is 0 Å². The maximum atomic E-state index is 11.5. The van der Waals surface area contributed by atoms with Crippen LogP contribution in [0.15, 0.2) is 0 Å². The average Bonchev–Trinajstić information content (AvgIpc) is 1.62. The maximum Gasteiger partial charge on any atom is 0.403 e. The number of rotatable bonds is 1. The molecule has 6 heteroatoms. The molecule has 0 aliphatic rings. The second-order valence-corrected chi connectivity index (χ2v) is 4.25. The van der Waals surface area contributed by atoms with Crippen LogP contribution >= 0.6 is 43.5 Å². The second-order valence-electron chi connectivity index (χ2n) is 1.28. The summed E-state index contributed by atoms with van der Waals surface area (Å²) in [7, 11) is 0. The van der Waals surface area contributed by atoms with E-state index < -0.39 is 15.3 Å². The van der Waals surface area contributed by atoms with E-state index in [1.807, 2.05) is 0 Å². The molecule has 56 valence electrons. The van der Waals surface area contributed by atoms with Crippen molar-refractivity contribution in [3.63, 3.8) is 0 Å². The van der Waals surface area contributed by atoms with Crippen LogP contribution in [0.1, 0.15) is 0 Å². The van der Waals surface area contributed by atoms with Gasteiger partial charge < -0.3 is 0 Å². The first-order chi connectivity index (χ1) is 3.85. The van der Waals surface area contributed by atoms with Gasteiger partial charge in [0.2, 0.25) is 0 Å². The first kappa shape index (κ1) is 10.0. The van der Waals surface area contributed by atoms with Crippen molar-refractivity contribution in [3.8, 4) is 0 Å². The Bertz CT molecular complexity index is 91.5. The summed E-state index contributed by atoms with van der Waals surface area (Å²) in [6.45, 7) is 0. The van der Waals surface area contributed by atoms with Crippen LogP contribution in [0.4, 0.5) is 13.2 Å². The highest BCUT2D eigenvalue weighted by molar-refractivity contribution is 9.12. The average molecular weight is 290 g/mol. The van der Waals surface area contributed by atoms with Gasteiger partial charge in [-0.3, -0.25) is 0 Å². The summed E-state index contributed by atoms with van der Waals surface area (Å²) in [5.41, 5.74) is 0. The van der Waals surface area contributed by atoms with Gasteiger partial charge in [0.25, 0.3) is 0 Å². The van der Waals surface area contributed by atoms with Crippen molar-refractivity contribution < 1.29 is 13.2 Å². The van der Waals surface area contributed by atoms with Crippen molar-refractivity contribution in [3.05, 3.63) is 0 Å². The van der Waals surface area contributed by atoms with Crippen molar-refractivity contribution in [2.24, 2.45) is 0 Å². The molecule has 0 aromatic rings. The van der Waals surface area contributed by atoms with Gasteiger partial charge >= 0.3 is 6.18 Å². The van der Waals surface area contributed by atoms with E-state index in [1.165, 1.54) is 0 Å². The molecule has 0 bridgehead atoms. The van der Waals surface area contributed by atoms with Crippen LogP contribution in [0.2, 0.25) is 0 Å². The maximum absolute atomic E-state index is 11.5. The van der Waals surface area contributed by atoms with Gasteiger partial charge in [-0.15, -0.1) is 11.6 Å². The van der Waals surface area contributed by atoms with Gasteiger partial charge in [0.05, 0.1) is 0 Å². The molecular weight excluding hydrogens is 288 g/mol. The fourth-order valence-electron chi connectivity index (χ4n) is 0.143. The van der Waals surface area contributed by atoms with Gasteiger partial charge in [-0.25, -0.2) is 0 Å². The van der Waals surface area contributed by atoms with Crippen LogP contribution in [0.5, 0.6) is 0 Å². The Hall–Kier alpha value is 1.04. The summed E-state index contributed by atoms with van der Waals surface area (Å²) in [5, 5.41) is 0. The van der Waals surface area contributed by atoms with Crippen LogP contribution in [-0.2, 0) is 0 Å². The Kier molecular flexibility index (Phi) is 3.83. The molecule has 0 saturated heterocycles. The smallest absolute Gasteiger partial charge is 0.170 e. The Morgan fingerprint density at radius 2 is 1.56 bits per heavy atom. The SMILES string of the molecule is FC(F)(F)[C@H](Br)[C@H](Cl)Br. The molecule has 0 unspecified atom stereocenters. The Balaban J connectivity index is 3.88. The fourth-order valence-corrected chi connectivity index (χ4v) is 0.585. The monoisotopic (exact) mass is 288 g/mol. The molecule has 9 heavy (non-hydrogen) atoms. The van der Waals surface area contributed by atoms with Gasteiger partial charge in [-0.05, 0) is 0 Å². The van der Waals surface area contributed by atoms with Crippen LogP contribution in [0, 0.1) is 0 Å². The summed E-state index contributed by atoms with van der Waals surface area (Å²) < 4.78 is 33.5. The van der Waals surface area contributed by atoms with Gasteiger partial charge in [-0.2, -0.15) is 13.2 Å². The molecule has 0 radical (unpaired) electrons. The molecule has 0 spiro atoms. The Labute approximate surface area is 72.0 Å². The zero-order chi connectivity index (χ0) is 7.65. The predicted molar refractivity (Wildman–Crippen MR) is 37.3 cm³/mol. The number of hydrogen-bond acceptors (Lipinski definition) is 0. The molecule has 0 nitrogen and oxygen atoms in total. The van der Waals surface area contributed by atoms with Crippen molar-refractivity contribution in [2.45, 2.75) is 15.3 Å². The second kappa shape index (κ2) is 3.44. The quantitative estimate of drug-likeness (QED) is 0.650. The van der Waals surface area contributed by atoms with Crippen LogP contribution in [0.25, 0.3) is 0 Å². The molecule has 0 saturated carbocycles. The van der Waals surface area contributed by atoms with Crippen LogP contribution in [-0.4, -0.2) is 15.3 Å². The Morgan fingerprint density at radius 3 is 1.56 bits per heavy atom. The lowest BCUT2D eigenvalue weighted by molar-refractivity contribution is -0.124. The minimum Gasteiger partial charge on any atom is -0.170 e. The third-order valence-corrected chi connectivity index (χ3v) is 3.38. The first-order valence-electron chi connectivity index (χ1n) is 1.84. The third-order valence-electron chi connectivity index (χ3n) is 0.534. The lowest BCUT2D eigenvalue weighted by Gasteiger charge is -2.13. The molecule has 0 heterocycles. The molecule has 0 aliphatic carbocycles. The molecule has 0 amide bonds. The van der Waals surface area contributed by atoms with Crippen molar-refractivity contribution in [1.82, 2.24) is 0 Å². The fraction of sp³-hybridized carbons (Fsp3) is 1.00. The van der Waals surface area contributed by atoms with E-state index in [0.29, 0.717) is 0 Å². The largest absolute Gasteiger partial charge is 0.403 e. The molecule has 0 aliphatic heterocycles. The van der Waals surface area contributed by atoms with Crippen molar-refractivity contribution in [1.29, 1.82) is 0 Å². The lowest BCUT2D eigenvalue weighted by Crippen LogP contribution is -2.27. The summed E-state index contributed by atoms with van der Waals surface area (Å²) in [4.78, 5) is -1.69. The normalized spacial score (nSPS) is 19.3. The molecule has 0 aromatic heterocycles. The summed E-state index contributed by atoms with van der Waals surface area (Å²) >= 11 is 10.00. The third kappa shape index (κ3) is 3.68. The Morgan fingerprint density at radius 1 is 1.22 bits per heavy atom. The van der Waals surface area contributed by atoms with E-state index >= 15 is 0 Å². The van der Waals surface area contributed by atoms with Gasteiger partial charge in [0.15, 0.2) is 0 Å². The summed E-state index contributed by atoms with van der Waals surface area (Å²) in [6.07, 6.45) is -4.28. The standard InChI is InChI=1S/C3H2Br2ClF3/c4-1(2(5)6)3(7,8)9/h1-2H/t1-,2+/m1/s1. The molecule has 2 atom stereocenters. The van der Waals surface area contributed by atoms with Crippen LogP contribution < -0.4 is 0 Å². The highest BCUT2D eigenvalue weighted by Gasteiger charge is 2.41. The minimum absolute atomic E-state index is 1.11. The van der Waals surface area contributed by atoms with Crippen LogP contribution in [0.3, 0.4) is 0 Å². The zero-order valence-corrected chi connectivity index (χ0v) is 7.85. The number of alkyl halides is 6. The summed E-state index contributed by atoms with van der Waals surface area (Å²) in [5.74, 6) is 0. The first-order valence-corrected chi connectivity index (χ1v) is 4.11. The van der Waals surface area contributed by atoms with E-state index in [0.717, 1.165) is 0 Å². The van der Waals surface area contributed by atoms with Gasteiger partial charge in [0, 0.05) is 0 Å². The predicted octanol–water partition coefficient (Wildman–Crippen LogP) is 3.27. The highest BCUT2D eigenvalue weighted by Crippen LogP contribution is 2.33. The van der Waals surface area contributed by atoms with E-state index in [2.05, 4.69) is 31.9 Å². The van der Waals surface area contributed by atoms with Gasteiger partial charge in [0.1, 0.15) is 9.11 Å². The molecule has 0 aromatic carbocycles. The number of hydrogen-bond donors (Lipinski definition) is 0. The number of halogens is 6. The van der Waals surface area contributed by atoms with E-state index in [4.69, 9.17) is 11.6 Å². The molecule has 0 rings (SSSR count). The zero-order valence-electron chi connectivity index (χ0n) is 3.92. The molecular formula is C3H2Br2ClF3. The van der Waals surface area contributed by atoms with E-state index in [1.54, 1.807) is 0 Å². The van der Waals surface area contributed by atoms with Crippen molar-refractivity contribution >= 4 is 43.5 Å². The summed E-state index contributed by atoms with van der Waals surface area (Å²) in [6, 6.07) is 0. The van der Waals surface area contributed by atoms with E-state index in [-0.39, 0.29) is 0 Å². The minimum atomic E-state index is -4.28. The van der Waals surface area contributed by atoms with Crippen molar-refractivity contribution in [2.75, 3.05) is 0 Å². The van der Waals surface area contributed by atoms with Gasteiger partial charge in [-0.1, -0.05) is 31.9 Å². The van der Waals surface area contributed by atoms with E-state index in [9.17, 15) is 13.2 Å². The lowest BCUT2D eigenvalue weighted by atomic mass is 10.5. The molecule has 0 N–H and O–H groups in total.